The van der Waals surface area contributed by atoms with Crippen LogP contribution >= 0.6 is 0 Å². The van der Waals surface area contributed by atoms with Crippen molar-refractivity contribution in [2.45, 2.75) is 26.0 Å². The topological polar surface area (TPSA) is 40.2 Å². The van der Waals surface area contributed by atoms with Crippen LogP contribution in [0.25, 0.3) is 0 Å². The molecule has 0 aromatic rings. The van der Waals surface area contributed by atoms with Gasteiger partial charge in [0.15, 0.2) is 6.23 Å². The Kier molecular flexibility index (Phi) is 1.71. The van der Waals surface area contributed by atoms with Crippen LogP contribution in [0.3, 0.4) is 0 Å². The summed E-state index contributed by atoms with van der Waals surface area (Å²) < 4.78 is 0. The lowest BCUT2D eigenvalue weighted by molar-refractivity contribution is -0.138. The van der Waals surface area contributed by atoms with Crippen LogP contribution in [0.4, 0.5) is 0 Å². The zero-order chi connectivity index (χ0) is 6.85. The molecule has 0 spiro atoms. The second kappa shape index (κ2) is 2.35. The summed E-state index contributed by atoms with van der Waals surface area (Å²) in [4.78, 5) is 12.1. The second-order valence-corrected chi connectivity index (χ2v) is 2.29. The highest BCUT2D eigenvalue weighted by Crippen LogP contribution is 2.11. The Balaban J connectivity index is 2.49. The van der Waals surface area contributed by atoms with E-state index in [1.165, 1.54) is 11.8 Å². The molecule has 1 radical (unpaired) electrons. The van der Waals surface area contributed by atoms with Crippen LogP contribution < -0.4 is 0 Å². The van der Waals surface area contributed by atoms with Gasteiger partial charge in [-0.25, -0.2) is 5.11 Å². The molecule has 3 nitrogen and oxygen atoms in total. The van der Waals surface area contributed by atoms with E-state index in [4.69, 9.17) is 0 Å². The highest BCUT2D eigenvalue weighted by molar-refractivity contribution is 5.78. The monoisotopic (exact) mass is 128 g/mol. The predicted molar refractivity (Wildman–Crippen MR) is 31.1 cm³/mol. The van der Waals surface area contributed by atoms with Gasteiger partial charge in [0, 0.05) is 13.0 Å². The molecule has 3 heteroatoms. The molecule has 51 valence electrons. The number of rotatable bonds is 1. The minimum absolute atomic E-state index is 0.0116. The number of hydrogen-bond donors (Lipinski definition) is 0. The number of nitrogens with zero attached hydrogens (tertiary/aromatic N) is 1. The highest BCUT2D eigenvalue weighted by Gasteiger charge is 2.23. The maximum Gasteiger partial charge on any atom is 0.224 e. The maximum atomic E-state index is 10.7. The van der Waals surface area contributed by atoms with E-state index in [-0.39, 0.29) is 5.91 Å². The van der Waals surface area contributed by atoms with Gasteiger partial charge in [0.2, 0.25) is 5.91 Å². The zero-order valence-electron chi connectivity index (χ0n) is 5.46. The summed E-state index contributed by atoms with van der Waals surface area (Å²) >= 11 is 0. The molecule has 0 bridgehead atoms. The van der Waals surface area contributed by atoms with Crippen molar-refractivity contribution >= 4 is 5.91 Å². The Bertz CT molecular complexity index is 122. The fourth-order valence-corrected chi connectivity index (χ4v) is 1.05. The molecule has 0 saturated carbocycles. The molecule has 1 aliphatic heterocycles. The van der Waals surface area contributed by atoms with Crippen molar-refractivity contribution in [1.82, 2.24) is 4.90 Å². The Morgan fingerprint density at radius 2 is 2.33 bits per heavy atom. The van der Waals surface area contributed by atoms with E-state index in [9.17, 15) is 9.90 Å². The van der Waals surface area contributed by atoms with Crippen molar-refractivity contribution in [1.29, 1.82) is 0 Å². The Morgan fingerprint density at radius 1 is 1.67 bits per heavy atom. The molecule has 1 rings (SSSR count). The van der Waals surface area contributed by atoms with Gasteiger partial charge < -0.3 is 4.90 Å². The molecule has 1 amide bonds. The molecule has 0 aromatic carbocycles. The van der Waals surface area contributed by atoms with E-state index >= 15 is 0 Å². The summed E-state index contributed by atoms with van der Waals surface area (Å²) in [7, 11) is 0. The normalized spacial score (nSPS) is 22.9. The summed E-state index contributed by atoms with van der Waals surface area (Å²) in [6.45, 7) is 2.16. The fraction of sp³-hybridized carbons (Fsp3) is 0.833. The van der Waals surface area contributed by atoms with E-state index in [1.807, 2.05) is 0 Å². The Morgan fingerprint density at radius 3 is 2.56 bits per heavy atom. The smallest absolute Gasteiger partial charge is 0.224 e. The summed E-state index contributed by atoms with van der Waals surface area (Å²) in [5, 5.41) is 10.6. The SMILES string of the molecule is CC([O])N1CCCC1=O. The number of carbonyl (C=O) groups excluding carboxylic acids is 1. The molecule has 1 atom stereocenters. The molecule has 0 aliphatic carbocycles. The van der Waals surface area contributed by atoms with Crippen LogP contribution in [0.15, 0.2) is 0 Å². The molecule has 9 heavy (non-hydrogen) atoms. The van der Waals surface area contributed by atoms with E-state index in [1.54, 1.807) is 0 Å². The summed E-state index contributed by atoms with van der Waals surface area (Å²) in [5.74, 6) is 0.0116. The van der Waals surface area contributed by atoms with Crippen molar-refractivity contribution < 1.29 is 9.90 Å². The molecule has 1 aliphatic rings. The summed E-state index contributed by atoms with van der Waals surface area (Å²) in [5.41, 5.74) is 0. The van der Waals surface area contributed by atoms with Gasteiger partial charge in [-0.2, -0.15) is 0 Å². The third kappa shape index (κ3) is 1.21. The minimum Gasteiger partial charge on any atom is -0.314 e. The van der Waals surface area contributed by atoms with Gasteiger partial charge in [0.1, 0.15) is 0 Å². The van der Waals surface area contributed by atoms with Crippen LogP contribution in [-0.2, 0) is 9.90 Å². The van der Waals surface area contributed by atoms with E-state index in [0.717, 1.165) is 6.42 Å². The van der Waals surface area contributed by atoms with Crippen molar-refractivity contribution in [2.75, 3.05) is 6.54 Å². The lowest BCUT2D eigenvalue weighted by atomic mass is 10.4. The standard InChI is InChI=1S/C6H10NO2/c1-5(8)7-4-2-3-6(7)9/h5H,2-4H2,1H3. The third-order valence-corrected chi connectivity index (χ3v) is 1.55. The van der Waals surface area contributed by atoms with E-state index in [0.29, 0.717) is 13.0 Å². The van der Waals surface area contributed by atoms with Crippen LogP contribution in [0.2, 0.25) is 0 Å². The predicted octanol–water partition coefficient (Wildman–Crippen LogP) is 0.385. The minimum atomic E-state index is -0.847. The summed E-state index contributed by atoms with van der Waals surface area (Å²) in [6, 6.07) is 0. The van der Waals surface area contributed by atoms with Gasteiger partial charge in [-0.15, -0.1) is 0 Å². The van der Waals surface area contributed by atoms with Gasteiger partial charge in [0.05, 0.1) is 0 Å². The molecule has 1 saturated heterocycles. The first-order valence-electron chi connectivity index (χ1n) is 3.17. The zero-order valence-corrected chi connectivity index (χ0v) is 5.46. The Labute approximate surface area is 54.3 Å². The fourth-order valence-electron chi connectivity index (χ4n) is 1.05. The average Bonchev–Trinajstić information content (AvgIpc) is 2.13. The van der Waals surface area contributed by atoms with Crippen molar-refractivity contribution in [3.8, 4) is 0 Å². The van der Waals surface area contributed by atoms with Crippen molar-refractivity contribution in [2.24, 2.45) is 0 Å². The first kappa shape index (κ1) is 6.55. The largest absolute Gasteiger partial charge is 0.314 e. The third-order valence-electron chi connectivity index (χ3n) is 1.55. The number of likely N-dealkylation sites (tertiary alicyclic amines) is 1. The van der Waals surface area contributed by atoms with Crippen LogP contribution in [-0.4, -0.2) is 23.6 Å². The first-order valence-corrected chi connectivity index (χ1v) is 3.17. The van der Waals surface area contributed by atoms with Gasteiger partial charge >= 0.3 is 0 Å². The lowest BCUT2D eigenvalue weighted by Gasteiger charge is -2.15. The number of hydrogen-bond acceptors (Lipinski definition) is 1. The second-order valence-electron chi connectivity index (χ2n) is 2.29. The van der Waals surface area contributed by atoms with Crippen molar-refractivity contribution in [3.63, 3.8) is 0 Å². The molecular weight excluding hydrogens is 118 g/mol. The molecular formula is C6H10NO2. The molecule has 0 aromatic heterocycles. The van der Waals surface area contributed by atoms with Gasteiger partial charge in [-0.05, 0) is 13.3 Å². The number of carbonyl (C=O) groups is 1. The first-order chi connectivity index (χ1) is 4.22. The van der Waals surface area contributed by atoms with E-state index in [2.05, 4.69) is 0 Å². The Hall–Kier alpha value is -0.570. The molecule has 1 heterocycles. The number of amides is 1. The molecule has 1 fully saturated rings. The van der Waals surface area contributed by atoms with Crippen LogP contribution in [0.5, 0.6) is 0 Å². The highest BCUT2D eigenvalue weighted by atomic mass is 16.3. The molecule has 1 unspecified atom stereocenters. The van der Waals surface area contributed by atoms with Crippen molar-refractivity contribution in [3.05, 3.63) is 0 Å². The quantitative estimate of drug-likeness (QED) is 0.503. The lowest BCUT2D eigenvalue weighted by Crippen LogP contribution is -2.32. The van der Waals surface area contributed by atoms with Gasteiger partial charge in [-0.3, -0.25) is 4.79 Å². The average molecular weight is 128 g/mol. The van der Waals surface area contributed by atoms with Crippen LogP contribution in [0, 0.1) is 0 Å². The van der Waals surface area contributed by atoms with Crippen LogP contribution in [0.1, 0.15) is 19.8 Å². The van der Waals surface area contributed by atoms with Gasteiger partial charge in [-0.1, -0.05) is 0 Å². The molecule has 0 N–H and O–H groups in total. The maximum absolute atomic E-state index is 10.7. The van der Waals surface area contributed by atoms with Gasteiger partial charge in [0.25, 0.3) is 0 Å². The van der Waals surface area contributed by atoms with E-state index < -0.39 is 6.23 Å². The summed E-state index contributed by atoms with van der Waals surface area (Å²) in [6.07, 6.45) is 0.567.